The number of imidazole rings is 1. The van der Waals surface area contributed by atoms with E-state index < -0.39 is 0 Å². The van der Waals surface area contributed by atoms with Gasteiger partial charge in [-0.2, -0.15) is 0 Å². The van der Waals surface area contributed by atoms with Crippen LogP contribution in [0.2, 0.25) is 0 Å². The standard InChI is InChI=1S/C27H21N5O3S3/c1-34-18-9-5-7-16(13-18)28-22(33)15-37-26-30-25-23(24-29-20-11-3-4-12-21(20)32(24)26)38-27(36)31(25)17-8-6-10-19(14-17)35-2/h3-14H,15H2,1-2H3,(H,28,33). The minimum Gasteiger partial charge on any atom is -0.497 e. The Morgan fingerprint density at radius 1 is 0.974 bits per heavy atom. The van der Waals surface area contributed by atoms with Crippen LogP contribution in [0.15, 0.2) is 78.0 Å². The number of amides is 1. The number of anilines is 1. The zero-order valence-electron chi connectivity index (χ0n) is 20.4. The number of rotatable bonds is 7. The van der Waals surface area contributed by atoms with Gasteiger partial charge >= 0.3 is 0 Å². The molecule has 0 aliphatic heterocycles. The van der Waals surface area contributed by atoms with Gasteiger partial charge in [0.05, 0.1) is 36.7 Å². The summed E-state index contributed by atoms with van der Waals surface area (Å²) in [6.07, 6.45) is 0. The molecular weight excluding hydrogens is 539 g/mol. The number of ether oxygens (including phenoxy) is 2. The summed E-state index contributed by atoms with van der Waals surface area (Å²) in [4.78, 5) is 22.8. The summed E-state index contributed by atoms with van der Waals surface area (Å²) < 4.78 is 16.1. The molecule has 38 heavy (non-hydrogen) atoms. The molecule has 0 saturated carbocycles. The molecule has 0 aliphatic carbocycles. The lowest BCUT2D eigenvalue weighted by Gasteiger charge is -2.10. The van der Waals surface area contributed by atoms with Crippen LogP contribution in [0.3, 0.4) is 0 Å². The molecule has 0 unspecified atom stereocenters. The number of fused-ring (bicyclic) bond motifs is 5. The van der Waals surface area contributed by atoms with Crippen LogP contribution in [-0.4, -0.2) is 44.8 Å². The first kappa shape index (κ1) is 24.4. The summed E-state index contributed by atoms with van der Waals surface area (Å²) in [6, 6.07) is 22.8. The Labute approximate surface area is 230 Å². The molecule has 0 spiro atoms. The Morgan fingerprint density at radius 3 is 2.55 bits per heavy atom. The van der Waals surface area contributed by atoms with Crippen molar-refractivity contribution in [3.63, 3.8) is 0 Å². The van der Waals surface area contributed by atoms with Crippen LogP contribution in [0.25, 0.3) is 32.7 Å². The molecule has 0 bridgehead atoms. The van der Waals surface area contributed by atoms with Crippen molar-refractivity contribution in [2.24, 2.45) is 0 Å². The van der Waals surface area contributed by atoms with Gasteiger partial charge in [-0.1, -0.05) is 47.4 Å². The third kappa shape index (κ3) is 4.38. The Hall–Kier alpha value is -3.93. The maximum absolute atomic E-state index is 12.9. The van der Waals surface area contributed by atoms with Crippen molar-refractivity contribution in [2.75, 3.05) is 25.3 Å². The second kappa shape index (κ2) is 10.1. The normalized spacial score (nSPS) is 11.3. The number of nitrogens with zero attached hydrogens (tertiary/aromatic N) is 4. The highest BCUT2D eigenvalue weighted by Gasteiger charge is 2.20. The monoisotopic (exact) mass is 559 g/mol. The van der Waals surface area contributed by atoms with E-state index >= 15 is 0 Å². The van der Waals surface area contributed by atoms with E-state index in [1.807, 2.05) is 75.7 Å². The van der Waals surface area contributed by atoms with Crippen LogP contribution in [0.1, 0.15) is 0 Å². The van der Waals surface area contributed by atoms with Crippen LogP contribution in [-0.2, 0) is 4.79 Å². The van der Waals surface area contributed by atoms with Crippen LogP contribution in [0.4, 0.5) is 5.69 Å². The summed E-state index contributed by atoms with van der Waals surface area (Å²) in [6.45, 7) is 0. The second-order valence-corrected chi connectivity index (χ2v) is 10.9. The number of para-hydroxylation sites is 2. The molecule has 11 heteroatoms. The highest BCUT2D eigenvalue weighted by atomic mass is 32.2. The van der Waals surface area contributed by atoms with Gasteiger partial charge in [0, 0.05) is 17.8 Å². The van der Waals surface area contributed by atoms with Crippen molar-refractivity contribution < 1.29 is 14.3 Å². The number of hydrogen-bond donors (Lipinski definition) is 1. The van der Waals surface area contributed by atoms with Gasteiger partial charge in [0.2, 0.25) is 5.91 Å². The fourth-order valence-electron chi connectivity index (χ4n) is 4.23. The number of thiazole rings is 1. The number of thioether (sulfide) groups is 1. The van der Waals surface area contributed by atoms with Crippen molar-refractivity contribution >= 4 is 73.9 Å². The topological polar surface area (TPSA) is 82.7 Å². The molecule has 6 aromatic rings. The maximum atomic E-state index is 12.9. The van der Waals surface area contributed by atoms with Crippen molar-refractivity contribution in [1.29, 1.82) is 0 Å². The number of carbonyl (C=O) groups is 1. The number of methoxy groups -OCH3 is 2. The lowest BCUT2D eigenvalue weighted by Crippen LogP contribution is -2.14. The maximum Gasteiger partial charge on any atom is 0.234 e. The Balaban J connectivity index is 1.45. The van der Waals surface area contributed by atoms with Gasteiger partial charge in [-0.15, -0.1) is 0 Å². The molecule has 0 aliphatic rings. The second-order valence-electron chi connectivity index (χ2n) is 8.28. The van der Waals surface area contributed by atoms with Gasteiger partial charge in [-0.25, -0.2) is 9.97 Å². The number of aromatic nitrogens is 4. The van der Waals surface area contributed by atoms with Gasteiger partial charge in [-0.3, -0.25) is 13.8 Å². The summed E-state index contributed by atoms with van der Waals surface area (Å²) in [5.41, 5.74) is 4.72. The van der Waals surface area contributed by atoms with E-state index in [4.69, 9.17) is 31.7 Å². The summed E-state index contributed by atoms with van der Waals surface area (Å²) in [5, 5.41) is 3.58. The fraction of sp³-hybridized carbons (Fsp3) is 0.111. The molecule has 6 rings (SSSR count). The van der Waals surface area contributed by atoms with Crippen molar-refractivity contribution in [1.82, 2.24) is 18.9 Å². The summed E-state index contributed by atoms with van der Waals surface area (Å²) in [5.74, 6) is 1.40. The van der Waals surface area contributed by atoms with E-state index in [1.54, 1.807) is 20.3 Å². The smallest absolute Gasteiger partial charge is 0.234 e. The first-order chi connectivity index (χ1) is 18.6. The predicted octanol–water partition coefficient (Wildman–Crippen LogP) is 6.37. The first-order valence-corrected chi connectivity index (χ1v) is 13.8. The highest BCUT2D eigenvalue weighted by molar-refractivity contribution is 7.99. The lowest BCUT2D eigenvalue weighted by molar-refractivity contribution is -0.113. The van der Waals surface area contributed by atoms with Gasteiger partial charge < -0.3 is 14.8 Å². The van der Waals surface area contributed by atoms with Gasteiger partial charge in [0.25, 0.3) is 0 Å². The molecule has 190 valence electrons. The molecule has 1 N–H and O–H groups in total. The average Bonchev–Trinajstić information content (AvgIpc) is 3.49. The van der Waals surface area contributed by atoms with Gasteiger partial charge in [0.1, 0.15) is 16.2 Å². The van der Waals surface area contributed by atoms with Crippen molar-refractivity contribution in [3.8, 4) is 17.2 Å². The Morgan fingerprint density at radius 2 is 1.74 bits per heavy atom. The van der Waals surface area contributed by atoms with Crippen molar-refractivity contribution in [2.45, 2.75) is 5.16 Å². The first-order valence-electron chi connectivity index (χ1n) is 11.6. The SMILES string of the molecule is COc1cccc(NC(=O)CSc2nc3c(sc(=S)n3-c3cccc(OC)c3)c3nc4ccccc4n23)c1. The highest BCUT2D eigenvalue weighted by Crippen LogP contribution is 2.34. The fourth-order valence-corrected chi connectivity index (χ4v) is 6.38. The summed E-state index contributed by atoms with van der Waals surface area (Å²) >= 11 is 8.59. The molecule has 1 amide bonds. The molecule has 0 fully saturated rings. The van der Waals surface area contributed by atoms with E-state index in [0.717, 1.165) is 32.8 Å². The van der Waals surface area contributed by atoms with Gasteiger partial charge in [-0.05, 0) is 48.6 Å². The molecular formula is C27H21N5O3S3. The zero-order chi connectivity index (χ0) is 26.2. The molecule has 8 nitrogen and oxygen atoms in total. The lowest BCUT2D eigenvalue weighted by atomic mass is 10.3. The number of benzene rings is 3. The average molecular weight is 560 g/mol. The van der Waals surface area contributed by atoms with Crippen molar-refractivity contribution in [3.05, 3.63) is 76.8 Å². The molecule has 0 saturated heterocycles. The number of nitrogens with one attached hydrogen (secondary N) is 1. The largest absolute Gasteiger partial charge is 0.497 e. The molecule has 3 aromatic heterocycles. The Bertz CT molecular complexity index is 1890. The van der Waals surface area contributed by atoms with Crippen LogP contribution < -0.4 is 14.8 Å². The molecule has 3 aromatic carbocycles. The minimum absolute atomic E-state index is 0.154. The van der Waals surface area contributed by atoms with Gasteiger partial charge in [0.15, 0.2) is 20.4 Å². The zero-order valence-corrected chi connectivity index (χ0v) is 22.8. The number of carbonyl (C=O) groups excluding carboxylic acids is 1. The third-order valence-corrected chi connectivity index (χ3v) is 8.24. The predicted molar refractivity (Wildman–Crippen MR) is 155 cm³/mol. The van der Waals surface area contributed by atoms with E-state index in [2.05, 4.69) is 5.32 Å². The molecule has 0 atom stereocenters. The quantitative estimate of drug-likeness (QED) is 0.138. The van der Waals surface area contributed by atoms with Crippen LogP contribution >= 0.6 is 35.3 Å². The summed E-state index contributed by atoms with van der Waals surface area (Å²) in [7, 11) is 3.23. The molecule has 3 heterocycles. The Kier molecular flexibility index (Phi) is 6.48. The third-order valence-electron chi connectivity index (χ3n) is 5.94. The van der Waals surface area contributed by atoms with E-state index in [0.29, 0.717) is 26.2 Å². The van der Waals surface area contributed by atoms with Crippen LogP contribution in [0.5, 0.6) is 11.5 Å². The number of hydrogen-bond acceptors (Lipinski definition) is 8. The minimum atomic E-state index is -0.155. The molecule has 0 radical (unpaired) electrons. The van der Waals surface area contributed by atoms with E-state index in [1.165, 1.54) is 23.1 Å². The van der Waals surface area contributed by atoms with E-state index in [-0.39, 0.29) is 11.7 Å². The van der Waals surface area contributed by atoms with Crippen LogP contribution in [0, 0.1) is 3.95 Å². The van der Waals surface area contributed by atoms with E-state index in [9.17, 15) is 4.79 Å².